The number of nitrogens with one attached hydrogen (secondary N) is 1. The van der Waals surface area contributed by atoms with Gasteiger partial charge in [-0.15, -0.1) is 0 Å². The van der Waals surface area contributed by atoms with Crippen LogP contribution in [0.1, 0.15) is 46.5 Å². The maximum Gasteiger partial charge on any atom is 0.302 e. The molecular formula is C31H29N3O4. The summed E-state index contributed by atoms with van der Waals surface area (Å²) in [4.78, 5) is 15.9. The molecule has 0 radical (unpaired) electrons. The largest absolute Gasteiger partial charge is 0.386 e. The van der Waals surface area contributed by atoms with Crippen molar-refractivity contribution in [1.29, 1.82) is 0 Å². The minimum Gasteiger partial charge on any atom is -0.386 e. The van der Waals surface area contributed by atoms with E-state index in [1.165, 1.54) is 6.20 Å². The summed E-state index contributed by atoms with van der Waals surface area (Å²) < 4.78 is 0. The van der Waals surface area contributed by atoms with Gasteiger partial charge >= 0.3 is 5.70 Å². The minimum absolute atomic E-state index is 0.313. The molecule has 0 saturated heterocycles. The van der Waals surface area contributed by atoms with Crippen molar-refractivity contribution in [2.45, 2.75) is 24.3 Å². The molecule has 0 aliphatic heterocycles. The van der Waals surface area contributed by atoms with Crippen LogP contribution in [0.4, 0.5) is 0 Å². The number of hydrogen-bond acceptors (Lipinski definition) is 6. The van der Waals surface area contributed by atoms with Gasteiger partial charge in [0.2, 0.25) is 0 Å². The highest BCUT2D eigenvalue weighted by molar-refractivity contribution is 5.75. The molecule has 0 aromatic heterocycles. The third kappa shape index (κ3) is 6.79. The Morgan fingerprint density at radius 1 is 0.684 bits per heavy atom. The predicted molar refractivity (Wildman–Crippen MR) is 148 cm³/mol. The first-order chi connectivity index (χ1) is 18.5. The Morgan fingerprint density at radius 2 is 1.11 bits per heavy atom. The Kier molecular flexibility index (Phi) is 9.12. The predicted octanol–water partition coefficient (Wildman–Crippen LogP) is 5.71. The smallest absolute Gasteiger partial charge is 0.302 e. The number of rotatable bonds is 11. The van der Waals surface area contributed by atoms with Crippen LogP contribution in [0, 0.1) is 10.1 Å². The summed E-state index contributed by atoms with van der Waals surface area (Å²) in [6.45, 7) is 0. The fourth-order valence-electron chi connectivity index (χ4n) is 4.17. The van der Waals surface area contributed by atoms with Crippen LogP contribution in [0.5, 0.6) is 0 Å². The zero-order valence-corrected chi connectivity index (χ0v) is 20.6. The summed E-state index contributed by atoms with van der Waals surface area (Å²) in [5.74, 6) is 0. The van der Waals surface area contributed by atoms with E-state index in [0.717, 1.165) is 17.3 Å². The second-order valence-corrected chi connectivity index (χ2v) is 8.73. The molecule has 7 nitrogen and oxygen atoms in total. The fourth-order valence-corrected chi connectivity index (χ4v) is 4.17. The number of nitro groups is 1. The van der Waals surface area contributed by atoms with E-state index < -0.39 is 29.2 Å². The molecule has 38 heavy (non-hydrogen) atoms. The third-order valence-electron chi connectivity index (χ3n) is 6.19. The molecule has 0 fully saturated rings. The van der Waals surface area contributed by atoms with Gasteiger partial charge in [-0.2, -0.15) is 0 Å². The normalized spacial score (nSPS) is 14.9. The van der Waals surface area contributed by atoms with E-state index in [0.29, 0.717) is 11.1 Å². The Labute approximate surface area is 221 Å². The van der Waals surface area contributed by atoms with Gasteiger partial charge in [-0.3, -0.25) is 15.1 Å². The first kappa shape index (κ1) is 26.5. The molecule has 0 aliphatic carbocycles. The molecule has 7 heteroatoms. The average Bonchev–Trinajstić information content (AvgIpc) is 2.98. The molecule has 192 valence electrons. The third-order valence-corrected chi connectivity index (χ3v) is 6.19. The summed E-state index contributed by atoms with van der Waals surface area (Å²) in [6, 6.07) is 35.2. The van der Waals surface area contributed by atoms with Crippen LogP contribution in [0.3, 0.4) is 0 Å². The average molecular weight is 508 g/mol. The van der Waals surface area contributed by atoms with E-state index in [2.05, 4.69) is 10.3 Å². The summed E-state index contributed by atoms with van der Waals surface area (Å²) >= 11 is 0. The molecular weight excluding hydrogens is 478 g/mol. The Morgan fingerprint density at radius 3 is 1.58 bits per heavy atom. The number of aliphatic imine (C=N–C) groups is 1. The number of nitrogens with zero attached hydrogens (tertiary/aromatic N) is 2. The molecule has 0 heterocycles. The Balaban J connectivity index is 1.64. The lowest BCUT2D eigenvalue weighted by Crippen LogP contribution is -2.24. The lowest BCUT2D eigenvalue weighted by atomic mass is 9.96. The van der Waals surface area contributed by atoms with Gasteiger partial charge in [0.15, 0.2) is 0 Å². The van der Waals surface area contributed by atoms with E-state index in [1.807, 2.05) is 97.1 Å². The van der Waals surface area contributed by atoms with Gasteiger partial charge in [-0.25, -0.2) is 0 Å². The Hall–Kier alpha value is -4.59. The second-order valence-electron chi connectivity index (χ2n) is 8.73. The molecule has 0 bridgehead atoms. The van der Waals surface area contributed by atoms with Crippen LogP contribution in [0.15, 0.2) is 138 Å². The van der Waals surface area contributed by atoms with E-state index in [1.54, 1.807) is 24.3 Å². The van der Waals surface area contributed by atoms with Gasteiger partial charge in [0.05, 0.1) is 17.2 Å². The number of benzene rings is 4. The van der Waals surface area contributed by atoms with E-state index in [4.69, 9.17) is 0 Å². The molecule has 0 amide bonds. The molecule has 0 spiro atoms. The molecule has 3 N–H and O–H groups in total. The summed E-state index contributed by atoms with van der Waals surface area (Å²) in [7, 11) is 0. The monoisotopic (exact) mass is 507 g/mol. The van der Waals surface area contributed by atoms with Gasteiger partial charge in [0.25, 0.3) is 0 Å². The molecule has 4 atom stereocenters. The molecule has 4 aromatic rings. The van der Waals surface area contributed by atoms with Crippen molar-refractivity contribution >= 4 is 6.21 Å². The number of aliphatic hydroxyl groups is 2. The standard InChI is InChI=1S/C31H29N3O4/c35-30(25-17-9-3-10-18-25)28(23-13-5-1-6-14-23)32-21-27(34(37)38)22-33-29(24-15-7-2-8-16-24)31(36)26-19-11-4-12-20-26/h1-22,28-32,35-36H/b27-21+,33-22?/t28-,29-,30?,31?/m1/s1. The van der Waals surface area contributed by atoms with Crippen molar-refractivity contribution in [3.63, 3.8) is 0 Å². The molecule has 2 unspecified atom stereocenters. The van der Waals surface area contributed by atoms with E-state index in [-0.39, 0.29) is 5.70 Å². The van der Waals surface area contributed by atoms with Crippen LogP contribution < -0.4 is 5.32 Å². The van der Waals surface area contributed by atoms with Crippen molar-refractivity contribution in [3.8, 4) is 0 Å². The zero-order chi connectivity index (χ0) is 26.7. The first-order valence-corrected chi connectivity index (χ1v) is 12.2. The highest BCUT2D eigenvalue weighted by Crippen LogP contribution is 2.32. The van der Waals surface area contributed by atoms with E-state index >= 15 is 0 Å². The highest BCUT2D eigenvalue weighted by Gasteiger charge is 2.24. The van der Waals surface area contributed by atoms with Crippen LogP contribution in [0.25, 0.3) is 0 Å². The fraction of sp³-hybridized carbons (Fsp3) is 0.129. The van der Waals surface area contributed by atoms with Gasteiger partial charge in [0.1, 0.15) is 24.5 Å². The lowest BCUT2D eigenvalue weighted by molar-refractivity contribution is -0.414. The van der Waals surface area contributed by atoms with Crippen molar-refractivity contribution in [2.24, 2.45) is 4.99 Å². The topological polar surface area (TPSA) is 108 Å². The number of hydrogen-bond donors (Lipinski definition) is 3. The van der Waals surface area contributed by atoms with Crippen molar-refractivity contribution in [3.05, 3.63) is 166 Å². The van der Waals surface area contributed by atoms with Gasteiger partial charge in [0, 0.05) is 0 Å². The molecule has 0 aliphatic rings. The summed E-state index contributed by atoms with van der Waals surface area (Å²) in [5.41, 5.74) is 2.50. The van der Waals surface area contributed by atoms with Crippen LogP contribution in [-0.2, 0) is 0 Å². The highest BCUT2D eigenvalue weighted by atomic mass is 16.6. The number of allylic oxidation sites excluding steroid dienone is 1. The van der Waals surface area contributed by atoms with Crippen molar-refractivity contribution < 1.29 is 15.1 Å². The SMILES string of the molecule is O=[N+]([O-])/C(C=N[C@H](c1ccccc1)C(O)c1ccccc1)=C/N[C@H](c1ccccc1)C(O)c1ccccc1. The van der Waals surface area contributed by atoms with Gasteiger partial charge < -0.3 is 15.5 Å². The number of aliphatic hydroxyl groups excluding tert-OH is 2. The minimum atomic E-state index is -1.01. The maximum atomic E-state index is 12.0. The van der Waals surface area contributed by atoms with Crippen molar-refractivity contribution in [1.82, 2.24) is 5.32 Å². The zero-order valence-electron chi connectivity index (χ0n) is 20.6. The van der Waals surface area contributed by atoms with Gasteiger partial charge in [-0.1, -0.05) is 121 Å². The second kappa shape index (κ2) is 13.1. The summed E-state index contributed by atoms with van der Waals surface area (Å²) in [5, 5.41) is 37.2. The van der Waals surface area contributed by atoms with Crippen molar-refractivity contribution in [2.75, 3.05) is 0 Å². The first-order valence-electron chi connectivity index (χ1n) is 12.2. The molecule has 4 aromatic carbocycles. The lowest BCUT2D eigenvalue weighted by Gasteiger charge is -2.24. The van der Waals surface area contributed by atoms with Crippen LogP contribution in [0.2, 0.25) is 0 Å². The van der Waals surface area contributed by atoms with Gasteiger partial charge in [-0.05, 0) is 22.3 Å². The summed E-state index contributed by atoms with van der Waals surface area (Å²) in [6.07, 6.45) is 0.419. The van der Waals surface area contributed by atoms with Crippen LogP contribution >= 0.6 is 0 Å². The maximum absolute atomic E-state index is 12.0. The van der Waals surface area contributed by atoms with Crippen LogP contribution in [-0.4, -0.2) is 21.4 Å². The Bertz CT molecular complexity index is 1350. The van der Waals surface area contributed by atoms with E-state index in [9.17, 15) is 20.3 Å². The quantitative estimate of drug-likeness (QED) is 0.137. The molecule has 4 rings (SSSR count). The molecule has 0 saturated carbocycles.